The van der Waals surface area contributed by atoms with Gasteiger partial charge in [0.25, 0.3) is 0 Å². The van der Waals surface area contributed by atoms with Crippen LogP contribution in [0, 0.1) is 5.41 Å². The minimum atomic E-state index is -0.199. The molecule has 3 heteroatoms. The maximum Gasteiger partial charge on any atom is 0.170 e. The van der Waals surface area contributed by atoms with Gasteiger partial charge in [0.2, 0.25) is 0 Å². The van der Waals surface area contributed by atoms with Crippen LogP contribution in [0.25, 0.3) is 10.9 Å². The molecule has 0 atom stereocenters. The summed E-state index contributed by atoms with van der Waals surface area (Å²) in [6.45, 7) is 3.98. The Hall–Kier alpha value is -1.74. The number of para-hydroxylation sites is 1. The second kappa shape index (κ2) is 5.33. The molecule has 1 saturated heterocycles. The van der Waals surface area contributed by atoms with E-state index in [9.17, 15) is 4.79 Å². The van der Waals surface area contributed by atoms with E-state index in [0.717, 1.165) is 48.8 Å². The van der Waals surface area contributed by atoms with Gasteiger partial charge in [-0.15, -0.1) is 0 Å². The normalized spacial score (nSPS) is 18.1. The third-order valence-electron chi connectivity index (χ3n) is 4.57. The van der Waals surface area contributed by atoms with Crippen molar-refractivity contribution in [3.05, 3.63) is 42.1 Å². The summed E-state index contributed by atoms with van der Waals surface area (Å²) in [5, 5.41) is 4.38. The van der Waals surface area contributed by atoms with E-state index >= 15 is 0 Å². The van der Waals surface area contributed by atoms with Crippen molar-refractivity contribution in [2.75, 3.05) is 13.1 Å². The molecule has 0 spiro atoms. The Morgan fingerprint density at radius 1 is 1.30 bits per heavy atom. The third-order valence-corrected chi connectivity index (χ3v) is 4.57. The van der Waals surface area contributed by atoms with Crippen molar-refractivity contribution in [2.24, 2.45) is 5.41 Å². The monoisotopic (exact) mass is 268 g/mol. The van der Waals surface area contributed by atoms with Crippen LogP contribution >= 0.6 is 0 Å². The van der Waals surface area contributed by atoms with E-state index in [4.69, 9.17) is 0 Å². The van der Waals surface area contributed by atoms with Crippen LogP contribution in [0.15, 0.2) is 36.5 Å². The average Bonchev–Trinajstić information content (AvgIpc) is 2.54. The molecule has 20 heavy (non-hydrogen) atoms. The lowest BCUT2D eigenvalue weighted by Gasteiger charge is -2.35. The largest absolute Gasteiger partial charge is 0.317 e. The minimum absolute atomic E-state index is 0.199. The van der Waals surface area contributed by atoms with Crippen LogP contribution in [0.1, 0.15) is 36.5 Å². The van der Waals surface area contributed by atoms with Gasteiger partial charge in [-0.05, 0) is 44.5 Å². The number of ketones is 1. The number of carbonyl (C=O) groups is 1. The number of nitrogens with zero attached hydrogens (tertiary/aromatic N) is 1. The minimum Gasteiger partial charge on any atom is -0.317 e. The van der Waals surface area contributed by atoms with Crippen molar-refractivity contribution < 1.29 is 4.79 Å². The zero-order valence-corrected chi connectivity index (χ0v) is 11.9. The number of benzene rings is 1. The van der Waals surface area contributed by atoms with Gasteiger partial charge in [-0.1, -0.05) is 25.1 Å². The number of fused-ring (bicyclic) bond motifs is 1. The third kappa shape index (κ3) is 2.22. The average molecular weight is 268 g/mol. The summed E-state index contributed by atoms with van der Waals surface area (Å²) < 4.78 is 0. The molecule has 0 radical (unpaired) electrons. The SMILES string of the molecule is CCC1(C(=O)c2cnc3ccccc3c2)CCNCC1. The molecule has 104 valence electrons. The van der Waals surface area contributed by atoms with Crippen LogP contribution in [0.4, 0.5) is 0 Å². The summed E-state index contributed by atoms with van der Waals surface area (Å²) >= 11 is 0. The number of Topliss-reactive ketones (excluding diaryl/α,β-unsaturated/α-hetero) is 1. The van der Waals surface area contributed by atoms with E-state index in [1.54, 1.807) is 6.20 Å². The second-order valence-electron chi connectivity index (χ2n) is 5.63. The number of hydrogen-bond donors (Lipinski definition) is 1. The predicted molar refractivity (Wildman–Crippen MR) is 80.9 cm³/mol. The van der Waals surface area contributed by atoms with Crippen molar-refractivity contribution in [3.63, 3.8) is 0 Å². The lowest BCUT2D eigenvalue weighted by molar-refractivity contribution is 0.0717. The molecule has 0 unspecified atom stereocenters. The summed E-state index contributed by atoms with van der Waals surface area (Å²) in [4.78, 5) is 17.4. The van der Waals surface area contributed by atoms with E-state index in [-0.39, 0.29) is 11.2 Å². The first-order valence-electron chi connectivity index (χ1n) is 7.35. The molecular weight excluding hydrogens is 248 g/mol. The van der Waals surface area contributed by atoms with Crippen molar-refractivity contribution in [3.8, 4) is 0 Å². The standard InChI is InChI=1S/C17H20N2O/c1-2-17(7-9-18-10-8-17)16(20)14-11-13-5-3-4-6-15(13)19-12-14/h3-6,11-12,18H,2,7-10H2,1H3. The molecule has 1 fully saturated rings. The van der Waals surface area contributed by atoms with E-state index in [0.29, 0.717) is 0 Å². The van der Waals surface area contributed by atoms with E-state index in [1.807, 2.05) is 30.3 Å². The van der Waals surface area contributed by atoms with Gasteiger partial charge in [-0.25, -0.2) is 0 Å². The summed E-state index contributed by atoms with van der Waals surface area (Å²) in [7, 11) is 0. The van der Waals surface area contributed by atoms with E-state index in [2.05, 4.69) is 17.2 Å². The molecule has 1 aromatic carbocycles. The maximum absolute atomic E-state index is 12.9. The van der Waals surface area contributed by atoms with Crippen molar-refractivity contribution in [1.82, 2.24) is 10.3 Å². The van der Waals surface area contributed by atoms with Crippen LogP contribution in [0.3, 0.4) is 0 Å². The highest BCUT2D eigenvalue weighted by Gasteiger charge is 2.38. The fourth-order valence-corrected chi connectivity index (χ4v) is 3.15. The number of piperidine rings is 1. The molecule has 0 amide bonds. The molecule has 0 aliphatic carbocycles. The molecule has 1 aromatic heterocycles. The second-order valence-corrected chi connectivity index (χ2v) is 5.63. The quantitative estimate of drug-likeness (QED) is 0.869. The van der Waals surface area contributed by atoms with Crippen LogP contribution < -0.4 is 5.32 Å². The molecule has 3 nitrogen and oxygen atoms in total. The van der Waals surface area contributed by atoms with Gasteiger partial charge >= 0.3 is 0 Å². The van der Waals surface area contributed by atoms with Gasteiger partial charge in [-0.3, -0.25) is 9.78 Å². The maximum atomic E-state index is 12.9. The van der Waals surface area contributed by atoms with Crippen molar-refractivity contribution in [2.45, 2.75) is 26.2 Å². The van der Waals surface area contributed by atoms with E-state index < -0.39 is 0 Å². The summed E-state index contributed by atoms with van der Waals surface area (Å²) in [5.74, 6) is 0.264. The number of pyridine rings is 1. The Bertz CT molecular complexity index is 630. The summed E-state index contributed by atoms with van der Waals surface area (Å²) in [6, 6.07) is 9.93. The fourth-order valence-electron chi connectivity index (χ4n) is 3.15. The smallest absolute Gasteiger partial charge is 0.170 e. The lowest BCUT2D eigenvalue weighted by Crippen LogP contribution is -2.41. The fraction of sp³-hybridized carbons (Fsp3) is 0.412. The highest BCUT2D eigenvalue weighted by molar-refractivity contribution is 6.02. The molecular formula is C17H20N2O. The molecule has 0 bridgehead atoms. The van der Waals surface area contributed by atoms with Crippen molar-refractivity contribution >= 4 is 16.7 Å². The van der Waals surface area contributed by atoms with Gasteiger partial charge in [0, 0.05) is 22.6 Å². The molecule has 1 aliphatic heterocycles. The Kier molecular flexibility index (Phi) is 3.53. The Morgan fingerprint density at radius 2 is 2.05 bits per heavy atom. The van der Waals surface area contributed by atoms with Crippen LogP contribution in [-0.2, 0) is 0 Å². The summed E-state index contributed by atoms with van der Waals surface area (Å²) in [6.07, 6.45) is 4.49. The van der Waals surface area contributed by atoms with E-state index in [1.165, 1.54) is 0 Å². The molecule has 0 saturated carbocycles. The highest BCUT2D eigenvalue weighted by Crippen LogP contribution is 2.36. The Balaban J connectivity index is 1.98. The van der Waals surface area contributed by atoms with Crippen LogP contribution in [0.5, 0.6) is 0 Å². The molecule has 3 rings (SSSR count). The van der Waals surface area contributed by atoms with Crippen molar-refractivity contribution in [1.29, 1.82) is 0 Å². The number of hydrogen-bond acceptors (Lipinski definition) is 3. The van der Waals surface area contributed by atoms with Gasteiger partial charge in [-0.2, -0.15) is 0 Å². The lowest BCUT2D eigenvalue weighted by atomic mass is 9.71. The Morgan fingerprint density at radius 3 is 2.80 bits per heavy atom. The molecule has 2 aromatic rings. The first kappa shape index (κ1) is 13.3. The molecule has 1 N–H and O–H groups in total. The van der Waals surface area contributed by atoms with Gasteiger partial charge < -0.3 is 5.32 Å². The highest BCUT2D eigenvalue weighted by atomic mass is 16.1. The van der Waals surface area contributed by atoms with Gasteiger partial charge in [0.1, 0.15) is 0 Å². The predicted octanol–water partition coefficient (Wildman–Crippen LogP) is 3.20. The zero-order valence-electron chi connectivity index (χ0n) is 11.9. The van der Waals surface area contributed by atoms with Gasteiger partial charge in [0.05, 0.1) is 5.52 Å². The van der Waals surface area contributed by atoms with Crippen LogP contribution in [0.2, 0.25) is 0 Å². The molecule has 2 heterocycles. The zero-order chi connectivity index (χ0) is 14.0. The Labute approximate surface area is 119 Å². The van der Waals surface area contributed by atoms with Crippen LogP contribution in [-0.4, -0.2) is 23.9 Å². The topological polar surface area (TPSA) is 42.0 Å². The first-order valence-corrected chi connectivity index (χ1v) is 7.35. The number of rotatable bonds is 3. The van der Waals surface area contributed by atoms with Gasteiger partial charge in [0.15, 0.2) is 5.78 Å². The summed E-state index contributed by atoms with van der Waals surface area (Å²) in [5.41, 5.74) is 1.50. The number of carbonyl (C=O) groups excluding carboxylic acids is 1. The number of aromatic nitrogens is 1. The molecule has 1 aliphatic rings. The number of nitrogens with one attached hydrogen (secondary N) is 1. The first-order chi connectivity index (χ1) is 9.75.